The fourth-order valence-electron chi connectivity index (χ4n) is 6.21. The van der Waals surface area contributed by atoms with Gasteiger partial charge in [-0.3, -0.25) is 0 Å². The van der Waals surface area contributed by atoms with Gasteiger partial charge in [0.2, 0.25) is 0 Å². The van der Waals surface area contributed by atoms with Gasteiger partial charge in [-0.05, 0) is 97.6 Å². The molecule has 0 unspecified atom stereocenters. The Balaban J connectivity index is 1.23. The zero-order chi connectivity index (χ0) is 22.2. The molecule has 1 nitrogen and oxygen atoms in total. The van der Waals surface area contributed by atoms with Gasteiger partial charge in [-0.1, -0.05) is 69.7 Å². The molecule has 0 aliphatic heterocycles. The largest absolute Gasteiger partial charge is 0.489 e. The highest BCUT2D eigenvalue weighted by molar-refractivity contribution is 5.31. The highest BCUT2D eigenvalue weighted by Gasteiger charge is 2.31. The SMILES string of the molecule is CCCCCC1CCC(C2CCC(c3cccc(OCc4cccc(F)c4)c3)CC2)CC1. The molecule has 0 saturated heterocycles. The Morgan fingerprint density at radius 3 is 2.25 bits per heavy atom. The van der Waals surface area contributed by atoms with Gasteiger partial charge in [-0.15, -0.1) is 0 Å². The van der Waals surface area contributed by atoms with Gasteiger partial charge in [0.05, 0.1) is 0 Å². The minimum absolute atomic E-state index is 0.207. The van der Waals surface area contributed by atoms with Crippen LogP contribution in [0.4, 0.5) is 4.39 Å². The molecule has 2 aliphatic carbocycles. The third-order valence-corrected chi connectivity index (χ3v) is 8.17. The van der Waals surface area contributed by atoms with Gasteiger partial charge in [0.15, 0.2) is 0 Å². The molecule has 0 spiro atoms. The Morgan fingerprint density at radius 2 is 1.53 bits per heavy atom. The molecule has 0 radical (unpaired) electrons. The first kappa shape index (κ1) is 23.3. The fraction of sp³-hybridized carbons (Fsp3) is 0.600. The molecule has 2 saturated carbocycles. The van der Waals surface area contributed by atoms with E-state index < -0.39 is 0 Å². The van der Waals surface area contributed by atoms with Gasteiger partial charge in [0, 0.05) is 0 Å². The van der Waals surface area contributed by atoms with E-state index in [-0.39, 0.29) is 5.82 Å². The van der Waals surface area contributed by atoms with E-state index in [1.807, 2.05) is 12.1 Å². The molecule has 4 rings (SSSR count). The van der Waals surface area contributed by atoms with Crippen LogP contribution in [0.15, 0.2) is 48.5 Å². The second-order valence-corrected chi connectivity index (χ2v) is 10.4. The maximum Gasteiger partial charge on any atom is 0.123 e. The third kappa shape index (κ3) is 6.59. The molecule has 174 valence electrons. The smallest absolute Gasteiger partial charge is 0.123 e. The Hall–Kier alpha value is -1.83. The monoisotopic (exact) mass is 436 g/mol. The van der Waals surface area contributed by atoms with Gasteiger partial charge in [-0.2, -0.15) is 0 Å². The molecule has 32 heavy (non-hydrogen) atoms. The number of hydrogen-bond acceptors (Lipinski definition) is 1. The second kappa shape index (κ2) is 11.9. The second-order valence-electron chi connectivity index (χ2n) is 10.4. The normalized spacial score (nSPS) is 26.1. The summed E-state index contributed by atoms with van der Waals surface area (Å²) in [5.74, 6) is 4.31. The highest BCUT2D eigenvalue weighted by Crippen LogP contribution is 2.44. The molecule has 0 aromatic heterocycles. The third-order valence-electron chi connectivity index (χ3n) is 8.17. The van der Waals surface area contributed by atoms with Crippen molar-refractivity contribution < 1.29 is 9.13 Å². The van der Waals surface area contributed by atoms with Crippen LogP contribution in [0.25, 0.3) is 0 Å². The van der Waals surface area contributed by atoms with Crippen LogP contribution in [0.2, 0.25) is 0 Å². The standard InChI is InChI=1S/C30H41FO/c1-2-3-4-7-23-12-14-25(15-13-23)26-16-18-27(19-17-26)28-9-6-11-30(21-28)32-22-24-8-5-10-29(31)20-24/h5-6,8-11,20-21,23,25-27H,2-4,7,12-19,22H2,1H3. The van der Waals surface area contributed by atoms with E-state index in [1.54, 1.807) is 12.1 Å². The maximum absolute atomic E-state index is 13.4. The lowest BCUT2D eigenvalue weighted by molar-refractivity contribution is 0.155. The molecule has 0 atom stereocenters. The first-order valence-corrected chi connectivity index (χ1v) is 13.2. The van der Waals surface area contributed by atoms with Gasteiger partial charge < -0.3 is 4.74 Å². The minimum Gasteiger partial charge on any atom is -0.489 e. The zero-order valence-corrected chi connectivity index (χ0v) is 19.9. The van der Waals surface area contributed by atoms with Crippen molar-refractivity contribution in [2.45, 2.75) is 96.5 Å². The lowest BCUT2D eigenvalue weighted by atomic mass is 9.68. The summed E-state index contributed by atoms with van der Waals surface area (Å²) in [4.78, 5) is 0. The van der Waals surface area contributed by atoms with Crippen LogP contribution in [0.1, 0.15) is 101 Å². The summed E-state index contributed by atoms with van der Waals surface area (Å²) < 4.78 is 19.4. The average molecular weight is 437 g/mol. The Morgan fingerprint density at radius 1 is 0.812 bits per heavy atom. The van der Waals surface area contributed by atoms with Gasteiger partial charge in [0.25, 0.3) is 0 Å². The quantitative estimate of drug-likeness (QED) is 0.356. The summed E-state index contributed by atoms with van der Waals surface area (Å²) in [6.07, 6.45) is 17.0. The molecular formula is C30H41FO. The van der Waals surface area contributed by atoms with E-state index in [9.17, 15) is 4.39 Å². The first-order chi connectivity index (χ1) is 15.7. The molecule has 0 bridgehead atoms. The van der Waals surface area contributed by atoms with E-state index in [0.717, 1.165) is 29.1 Å². The molecule has 0 heterocycles. The van der Waals surface area contributed by atoms with Crippen LogP contribution in [0.5, 0.6) is 5.75 Å². The molecule has 2 aromatic rings. The van der Waals surface area contributed by atoms with Crippen molar-refractivity contribution in [3.8, 4) is 5.75 Å². The fourth-order valence-corrected chi connectivity index (χ4v) is 6.21. The molecular weight excluding hydrogens is 395 g/mol. The van der Waals surface area contributed by atoms with E-state index in [1.165, 1.54) is 88.7 Å². The lowest BCUT2D eigenvalue weighted by Crippen LogP contribution is -2.25. The van der Waals surface area contributed by atoms with Crippen molar-refractivity contribution in [1.82, 2.24) is 0 Å². The van der Waals surface area contributed by atoms with Crippen molar-refractivity contribution in [2.75, 3.05) is 0 Å². The van der Waals surface area contributed by atoms with Gasteiger partial charge >= 0.3 is 0 Å². The maximum atomic E-state index is 13.4. The summed E-state index contributed by atoms with van der Waals surface area (Å²) in [5.41, 5.74) is 2.29. The van der Waals surface area contributed by atoms with Crippen molar-refractivity contribution in [1.29, 1.82) is 0 Å². The van der Waals surface area contributed by atoms with Crippen molar-refractivity contribution in [3.63, 3.8) is 0 Å². The number of rotatable bonds is 9. The average Bonchev–Trinajstić information content (AvgIpc) is 2.84. The number of benzene rings is 2. The van der Waals surface area contributed by atoms with Gasteiger partial charge in [-0.25, -0.2) is 4.39 Å². The summed E-state index contributed by atoms with van der Waals surface area (Å²) in [6.45, 7) is 2.72. The minimum atomic E-state index is -0.207. The lowest BCUT2D eigenvalue weighted by Gasteiger charge is -2.38. The molecule has 2 fully saturated rings. The number of ether oxygens (including phenoxy) is 1. The Kier molecular flexibility index (Phi) is 8.65. The van der Waals surface area contributed by atoms with Crippen molar-refractivity contribution >= 4 is 0 Å². The number of hydrogen-bond donors (Lipinski definition) is 0. The summed E-state index contributed by atoms with van der Waals surface area (Å²) in [7, 11) is 0. The summed E-state index contributed by atoms with van der Waals surface area (Å²) in [6, 6.07) is 15.3. The van der Waals surface area contributed by atoms with Crippen LogP contribution >= 0.6 is 0 Å². The summed E-state index contributed by atoms with van der Waals surface area (Å²) in [5, 5.41) is 0. The molecule has 0 amide bonds. The first-order valence-electron chi connectivity index (χ1n) is 13.2. The van der Waals surface area contributed by atoms with E-state index in [0.29, 0.717) is 12.5 Å². The zero-order valence-electron chi connectivity index (χ0n) is 19.9. The molecule has 0 N–H and O–H groups in total. The van der Waals surface area contributed by atoms with E-state index >= 15 is 0 Å². The predicted molar refractivity (Wildman–Crippen MR) is 131 cm³/mol. The topological polar surface area (TPSA) is 9.23 Å². The van der Waals surface area contributed by atoms with Crippen LogP contribution in [0.3, 0.4) is 0 Å². The van der Waals surface area contributed by atoms with Crippen LogP contribution in [-0.4, -0.2) is 0 Å². The molecule has 2 heteroatoms. The summed E-state index contributed by atoms with van der Waals surface area (Å²) >= 11 is 0. The van der Waals surface area contributed by atoms with Gasteiger partial charge in [0.1, 0.15) is 18.2 Å². The highest BCUT2D eigenvalue weighted by atomic mass is 19.1. The van der Waals surface area contributed by atoms with Crippen LogP contribution in [-0.2, 0) is 6.61 Å². The predicted octanol–water partition coefficient (Wildman–Crippen LogP) is 9.07. The Bertz CT molecular complexity index is 815. The van der Waals surface area contributed by atoms with Crippen LogP contribution < -0.4 is 4.74 Å². The van der Waals surface area contributed by atoms with Crippen molar-refractivity contribution in [3.05, 3.63) is 65.5 Å². The number of halogens is 1. The van der Waals surface area contributed by atoms with Crippen LogP contribution in [0, 0.1) is 23.6 Å². The Labute approximate surface area is 194 Å². The van der Waals surface area contributed by atoms with E-state index in [2.05, 4.69) is 25.1 Å². The molecule has 2 aliphatic rings. The molecule has 2 aromatic carbocycles. The van der Waals surface area contributed by atoms with Crippen molar-refractivity contribution in [2.24, 2.45) is 17.8 Å². The van der Waals surface area contributed by atoms with E-state index in [4.69, 9.17) is 4.74 Å². The number of unbranched alkanes of at least 4 members (excludes halogenated alkanes) is 2.